The maximum Gasteiger partial charge on any atom is 0.0113 e. The van der Waals surface area contributed by atoms with Crippen LogP contribution >= 0.6 is 0 Å². The predicted octanol–water partition coefficient (Wildman–Crippen LogP) is 3.94. The van der Waals surface area contributed by atoms with E-state index in [1.165, 1.54) is 97.3 Å². The van der Waals surface area contributed by atoms with E-state index in [1.807, 2.05) is 0 Å². The number of hydrogen-bond donors (Lipinski definition) is 0. The minimum atomic E-state index is 0.723. The van der Waals surface area contributed by atoms with E-state index in [2.05, 4.69) is 35.5 Å². The summed E-state index contributed by atoms with van der Waals surface area (Å²) in [6.45, 7) is 17.9. The van der Waals surface area contributed by atoms with Crippen molar-refractivity contribution < 1.29 is 0 Å². The van der Waals surface area contributed by atoms with Crippen LogP contribution in [-0.2, 0) is 0 Å². The number of hydrogen-bond acceptors (Lipinski definition) is 3. The van der Waals surface area contributed by atoms with E-state index >= 15 is 0 Å². The molecule has 150 valence electrons. The van der Waals surface area contributed by atoms with Crippen molar-refractivity contribution in [1.29, 1.82) is 0 Å². The lowest BCUT2D eigenvalue weighted by atomic mass is 9.64. The second kappa shape index (κ2) is 8.09. The van der Waals surface area contributed by atoms with Gasteiger partial charge in [0.05, 0.1) is 0 Å². The van der Waals surface area contributed by atoms with Crippen LogP contribution in [0.2, 0.25) is 0 Å². The van der Waals surface area contributed by atoms with Crippen LogP contribution in [0.1, 0.15) is 65.7 Å². The first-order chi connectivity index (χ1) is 12.6. The van der Waals surface area contributed by atoms with Crippen molar-refractivity contribution in [3.63, 3.8) is 0 Å². The van der Waals surface area contributed by atoms with Gasteiger partial charge >= 0.3 is 0 Å². The lowest BCUT2D eigenvalue weighted by molar-refractivity contribution is -0.0622. The maximum absolute atomic E-state index is 2.80. The quantitative estimate of drug-likeness (QED) is 0.709. The van der Waals surface area contributed by atoms with Gasteiger partial charge in [-0.2, -0.15) is 0 Å². The largest absolute Gasteiger partial charge is 0.302 e. The predicted molar refractivity (Wildman–Crippen MR) is 110 cm³/mol. The van der Waals surface area contributed by atoms with Crippen LogP contribution < -0.4 is 0 Å². The maximum atomic E-state index is 2.80. The minimum Gasteiger partial charge on any atom is -0.302 e. The fourth-order valence-corrected chi connectivity index (χ4v) is 6.40. The Morgan fingerprint density at radius 2 is 1.46 bits per heavy atom. The summed E-state index contributed by atoms with van der Waals surface area (Å²) in [7, 11) is 0. The summed E-state index contributed by atoms with van der Waals surface area (Å²) in [5.74, 6) is 3.08. The zero-order valence-corrected chi connectivity index (χ0v) is 17.8. The molecule has 2 saturated carbocycles. The first-order valence-corrected chi connectivity index (χ1v) is 11.8. The fourth-order valence-electron chi connectivity index (χ4n) is 6.40. The van der Waals surface area contributed by atoms with Gasteiger partial charge in [0.2, 0.25) is 0 Å². The zero-order chi connectivity index (χ0) is 18.1. The second-order valence-electron chi connectivity index (χ2n) is 10.5. The number of piperazine rings is 1. The molecule has 26 heavy (non-hydrogen) atoms. The highest BCUT2D eigenvalue weighted by atomic mass is 15.3. The highest BCUT2D eigenvalue weighted by molar-refractivity contribution is 4.99. The molecule has 0 N–H and O–H groups in total. The highest BCUT2D eigenvalue weighted by Gasteiger charge is 2.46. The van der Waals surface area contributed by atoms with Crippen molar-refractivity contribution in [2.45, 2.75) is 71.8 Å². The molecule has 3 nitrogen and oxygen atoms in total. The van der Waals surface area contributed by atoms with Crippen LogP contribution in [0.15, 0.2) is 0 Å². The molecule has 4 fully saturated rings. The van der Waals surface area contributed by atoms with Crippen molar-refractivity contribution in [2.75, 3.05) is 52.4 Å². The Bertz CT molecular complexity index is 436. The topological polar surface area (TPSA) is 9.72 Å². The molecule has 2 saturated heterocycles. The monoisotopic (exact) mass is 361 g/mol. The second-order valence-corrected chi connectivity index (χ2v) is 10.5. The average Bonchev–Trinajstić information content (AvgIpc) is 2.59. The van der Waals surface area contributed by atoms with E-state index in [4.69, 9.17) is 0 Å². The lowest BCUT2D eigenvalue weighted by Crippen LogP contribution is -2.59. The van der Waals surface area contributed by atoms with Crippen LogP contribution in [0.4, 0.5) is 0 Å². The van der Waals surface area contributed by atoms with E-state index in [0.29, 0.717) is 0 Å². The Labute approximate surface area is 162 Å². The molecule has 1 spiro atoms. The Balaban J connectivity index is 1.13. The molecular weight excluding hydrogens is 318 g/mol. The molecular formula is C23H43N3. The van der Waals surface area contributed by atoms with Gasteiger partial charge in [-0.05, 0) is 75.5 Å². The van der Waals surface area contributed by atoms with Crippen molar-refractivity contribution in [1.82, 2.24) is 14.7 Å². The van der Waals surface area contributed by atoms with E-state index in [9.17, 15) is 0 Å². The van der Waals surface area contributed by atoms with Gasteiger partial charge in [-0.1, -0.05) is 13.3 Å². The van der Waals surface area contributed by atoms with Crippen LogP contribution in [0, 0.1) is 23.2 Å². The molecule has 0 aromatic heterocycles. The third-order valence-electron chi connectivity index (χ3n) is 8.53. The minimum absolute atomic E-state index is 0.723. The number of nitrogens with zero attached hydrogens (tertiary/aromatic N) is 3. The standard InChI is InChI=1S/C23H43N3/c1-4-21-5-6-22(21)16-25-17-23(18-25)9-7-20(8-10-23)15-24-11-13-26(14-12-24)19(2)3/h19-22H,4-18H2,1-3H3. The Kier molecular flexibility index (Phi) is 5.98. The molecule has 2 aliphatic heterocycles. The molecule has 4 aliphatic rings. The van der Waals surface area contributed by atoms with E-state index in [0.717, 1.165) is 29.2 Å². The third-order valence-corrected chi connectivity index (χ3v) is 8.53. The first kappa shape index (κ1) is 19.2. The summed E-state index contributed by atoms with van der Waals surface area (Å²) in [5, 5.41) is 0. The van der Waals surface area contributed by atoms with Crippen LogP contribution in [0.3, 0.4) is 0 Å². The lowest BCUT2D eigenvalue weighted by Gasteiger charge is -2.56. The molecule has 4 rings (SSSR count). The van der Waals surface area contributed by atoms with E-state index in [1.54, 1.807) is 0 Å². The van der Waals surface area contributed by atoms with Crippen molar-refractivity contribution in [2.24, 2.45) is 23.2 Å². The van der Waals surface area contributed by atoms with Crippen LogP contribution in [-0.4, -0.2) is 73.1 Å². The number of rotatable bonds is 6. The molecule has 2 atom stereocenters. The molecule has 2 unspecified atom stereocenters. The van der Waals surface area contributed by atoms with Gasteiger partial charge in [-0.25, -0.2) is 0 Å². The van der Waals surface area contributed by atoms with Crippen LogP contribution in [0.25, 0.3) is 0 Å². The molecule has 0 aromatic rings. The van der Waals surface area contributed by atoms with Gasteiger partial charge in [-0.3, -0.25) is 4.90 Å². The van der Waals surface area contributed by atoms with Crippen LogP contribution in [0.5, 0.6) is 0 Å². The summed E-state index contributed by atoms with van der Waals surface area (Å²) < 4.78 is 0. The number of likely N-dealkylation sites (tertiary alicyclic amines) is 1. The first-order valence-electron chi connectivity index (χ1n) is 11.8. The third kappa shape index (κ3) is 4.15. The van der Waals surface area contributed by atoms with Gasteiger partial charge in [0.25, 0.3) is 0 Å². The molecule has 0 aromatic carbocycles. The van der Waals surface area contributed by atoms with E-state index < -0.39 is 0 Å². The van der Waals surface area contributed by atoms with Gasteiger partial charge in [0.1, 0.15) is 0 Å². The molecule has 0 bridgehead atoms. The van der Waals surface area contributed by atoms with Gasteiger partial charge in [0.15, 0.2) is 0 Å². The van der Waals surface area contributed by atoms with Gasteiger partial charge < -0.3 is 9.80 Å². The fraction of sp³-hybridized carbons (Fsp3) is 1.00. The van der Waals surface area contributed by atoms with Gasteiger partial charge in [0, 0.05) is 58.4 Å². The zero-order valence-electron chi connectivity index (χ0n) is 17.8. The van der Waals surface area contributed by atoms with E-state index in [-0.39, 0.29) is 0 Å². The van der Waals surface area contributed by atoms with Crippen molar-refractivity contribution >= 4 is 0 Å². The summed E-state index contributed by atoms with van der Waals surface area (Å²) in [5.41, 5.74) is 0.734. The summed E-state index contributed by atoms with van der Waals surface area (Å²) in [6, 6.07) is 0.723. The smallest absolute Gasteiger partial charge is 0.0113 e. The molecule has 3 heteroatoms. The summed E-state index contributed by atoms with van der Waals surface area (Å²) in [6.07, 6.45) is 10.5. The Morgan fingerprint density at radius 1 is 0.808 bits per heavy atom. The average molecular weight is 362 g/mol. The highest BCUT2D eigenvalue weighted by Crippen LogP contribution is 2.47. The Hall–Kier alpha value is -0.120. The molecule has 0 radical (unpaired) electrons. The molecule has 2 heterocycles. The Morgan fingerprint density at radius 3 is 2.00 bits per heavy atom. The van der Waals surface area contributed by atoms with Crippen molar-refractivity contribution in [3.8, 4) is 0 Å². The van der Waals surface area contributed by atoms with Gasteiger partial charge in [-0.15, -0.1) is 0 Å². The van der Waals surface area contributed by atoms with Crippen molar-refractivity contribution in [3.05, 3.63) is 0 Å². The summed E-state index contributed by atoms with van der Waals surface area (Å²) in [4.78, 5) is 8.20. The SMILES string of the molecule is CCC1CCC1CN1CC2(CCC(CN3CCN(C(C)C)CC3)CC2)C1. The molecule has 2 aliphatic carbocycles. The summed E-state index contributed by atoms with van der Waals surface area (Å²) >= 11 is 0. The normalized spacial score (nSPS) is 34.2. The molecule has 0 amide bonds.